The number of pyridine rings is 1. The van der Waals surface area contributed by atoms with Gasteiger partial charge in [-0.25, -0.2) is 4.79 Å². The lowest BCUT2D eigenvalue weighted by Crippen LogP contribution is -2.34. The molecule has 106 valence electrons. The molecule has 2 aromatic rings. The first kappa shape index (κ1) is 14.4. The molecule has 2 amide bonds. The third-order valence-corrected chi connectivity index (χ3v) is 2.52. The molecular weight excluding hydrogens is 272 g/mol. The normalized spacial score (nSPS) is 9.71. The first-order valence-corrected chi connectivity index (χ1v) is 6.13. The number of aromatic nitrogens is 1. The van der Waals surface area contributed by atoms with Gasteiger partial charge in [0.1, 0.15) is 0 Å². The van der Waals surface area contributed by atoms with Gasteiger partial charge in [-0.2, -0.15) is 0 Å². The number of carbonyl (C=O) groups is 3. The topological polar surface area (TPSA) is 85.4 Å². The van der Waals surface area contributed by atoms with Crippen LogP contribution in [-0.4, -0.2) is 29.4 Å². The lowest BCUT2D eigenvalue weighted by Gasteiger charge is -2.05. The number of benzene rings is 1. The lowest BCUT2D eigenvalue weighted by atomic mass is 10.2. The fourth-order valence-corrected chi connectivity index (χ4v) is 1.52. The first-order valence-electron chi connectivity index (χ1n) is 6.13. The number of amides is 2. The third kappa shape index (κ3) is 4.24. The molecule has 0 aliphatic heterocycles. The van der Waals surface area contributed by atoms with E-state index in [-0.39, 0.29) is 5.56 Å². The van der Waals surface area contributed by atoms with Crippen LogP contribution in [0, 0.1) is 0 Å². The van der Waals surface area contributed by atoms with E-state index in [0.717, 1.165) is 0 Å². The largest absolute Gasteiger partial charge is 0.452 e. The molecule has 0 saturated heterocycles. The molecule has 1 aromatic carbocycles. The average Bonchev–Trinajstić information content (AvgIpc) is 2.54. The van der Waals surface area contributed by atoms with Gasteiger partial charge in [0.15, 0.2) is 6.61 Å². The summed E-state index contributed by atoms with van der Waals surface area (Å²) < 4.78 is 4.78. The van der Waals surface area contributed by atoms with Gasteiger partial charge >= 0.3 is 5.97 Å². The van der Waals surface area contributed by atoms with Crippen LogP contribution in [0.5, 0.6) is 0 Å². The molecule has 21 heavy (non-hydrogen) atoms. The summed E-state index contributed by atoms with van der Waals surface area (Å²) in [7, 11) is 0. The van der Waals surface area contributed by atoms with Crippen LogP contribution in [-0.2, 0) is 9.53 Å². The van der Waals surface area contributed by atoms with E-state index >= 15 is 0 Å². The quantitative estimate of drug-likeness (QED) is 0.852. The lowest BCUT2D eigenvalue weighted by molar-refractivity contribution is -0.123. The molecule has 2 rings (SSSR count). The van der Waals surface area contributed by atoms with E-state index in [0.29, 0.717) is 5.56 Å². The minimum atomic E-state index is -0.693. The molecule has 0 bridgehead atoms. The number of imide groups is 1. The second-order valence-electron chi connectivity index (χ2n) is 4.06. The molecule has 1 aromatic heterocycles. The zero-order valence-electron chi connectivity index (χ0n) is 11.0. The number of nitrogens with one attached hydrogen (secondary N) is 1. The van der Waals surface area contributed by atoms with E-state index in [1.54, 1.807) is 36.4 Å². The zero-order chi connectivity index (χ0) is 15.1. The van der Waals surface area contributed by atoms with E-state index in [1.165, 1.54) is 18.5 Å². The monoisotopic (exact) mass is 284 g/mol. The van der Waals surface area contributed by atoms with Crippen LogP contribution in [0.25, 0.3) is 0 Å². The molecule has 0 radical (unpaired) electrons. The fraction of sp³-hybridized carbons (Fsp3) is 0.0667. The van der Waals surface area contributed by atoms with Crippen molar-refractivity contribution in [3.05, 3.63) is 66.0 Å². The number of nitrogens with zero attached hydrogens (tertiary/aromatic N) is 1. The molecule has 1 N–H and O–H groups in total. The molecule has 0 saturated carbocycles. The van der Waals surface area contributed by atoms with Gasteiger partial charge in [-0.1, -0.05) is 18.2 Å². The van der Waals surface area contributed by atoms with Crippen LogP contribution >= 0.6 is 0 Å². The Balaban J connectivity index is 1.83. The van der Waals surface area contributed by atoms with Crippen molar-refractivity contribution in [3.63, 3.8) is 0 Å². The standard InChI is InChI=1S/C15H12N2O4/c18-13(17-14(19)11-5-2-1-3-6-11)10-21-15(20)12-7-4-8-16-9-12/h1-9H,10H2,(H,17,18,19). The maximum Gasteiger partial charge on any atom is 0.340 e. The Morgan fingerprint density at radius 2 is 1.71 bits per heavy atom. The fourth-order valence-electron chi connectivity index (χ4n) is 1.52. The molecule has 0 atom stereocenters. The van der Waals surface area contributed by atoms with Gasteiger partial charge in [0.05, 0.1) is 5.56 Å². The molecule has 6 heteroatoms. The van der Waals surface area contributed by atoms with Crippen molar-refractivity contribution < 1.29 is 19.1 Å². The van der Waals surface area contributed by atoms with Crippen molar-refractivity contribution in [2.75, 3.05) is 6.61 Å². The van der Waals surface area contributed by atoms with E-state index in [4.69, 9.17) is 4.74 Å². The van der Waals surface area contributed by atoms with Crippen molar-refractivity contribution in [2.24, 2.45) is 0 Å². The van der Waals surface area contributed by atoms with Gasteiger partial charge < -0.3 is 4.74 Å². The van der Waals surface area contributed by atoms with Crippen LogP contribution in [0.4, 0.5) is 0 Å². The Hall–Kier alpha value is -3.02. The number of esters is 1. The van der Waals surface area contributed by atoms with E-state index in [1.807, 2.05) is 0 Å². The van der Waals surface area contributed by atoms with Crippen LogP contribution in [0.2, 0.25) is 0 Å². The number of hydrogen-bond donors (Lipinski definition) is 1. The third-order valence-electron chi connectivity index (χ3n) is 2.52. The minimum absolute atomic E-state index is 0.236. The summed E-state index contributed by atoms with van der Waals surface area (Å²) in [5.41, 5.74) is 0.587. The van der Waals surface area contributed by atoms with Crippen LogP contribution < -0.4 is 5.32 Å². The highest BCUT2D eigenvalue weighted by molar-refractivity contribution is 6.05. The minimum Gasteiger partial charge on any atom is -0.452 e. The SMILES string of the molecule is O=C(COC(=O)c1cccnc1)NC(=O)c1ccccc1. The van der Waals surface area contributed by atoms with Crippen LogP contribution in [0.1, 0.15) is 20.7 Å². The van der Waals surface area contributed by atoms with Gasteiger partial charge in [0.2, 0.25) is 0 Å². The predicted octanol–water partition coefficient (Wildman–Crippen LogP) is 1.20. The number of hydrogen-bond acceptors (Lipinski definition) is 5. The predicted molar refractivity (Wildman–Crippen MR) is 73.4 cm³/mol. The van der Waals surface area contributed by atoms with Crippen LogP contribution in [0.3, 0.4) is 0 Å². The maximum atomic E-state index is 11.7. The highest BCUT2D eigenvalue weighted by Gasteiger charge is 2.13. The number of carbonyl (C=O) groups excluding carboxylic acids is 3. The van der Waals surface area contributed by atoms with Gasteiger partial charge in [-0.15, -0.1) is 0 Å². The summed E-state index contributed by atoms with van der Waals surface area (Å²) in [5.74, 6) is -1.91. The number of ether oxygens (including phenoxy) is 1. The Bertz CT molecular complexity index is 641. The second-order valence-corrected chi connectivity index (χ2v) is 4.06. The molecule has 6 nitrogen and oxygen atoms in total. The van der Waals surface area contributed by atoms with Crippen molar-refractivity contribution in [1.82, 2.24) is 10.3 Å². The Kier molecular flexibility index (Phi) is 4.76. The summed E-state index contributed by atoms with van der Waals surface area (Å²) >= 11 is 0. The first-order chi connectivity index (χ1) is 10.2. The molecule has 0 aliphatic rings. The van der Waals surface area contributed by atoms with E-state index in [9.17, 15) is 14.4 Å². The molecule has 0 fully saturated rings. The second kappa shape index (κ2) is 6.95. The Morgan fingerprint density at radius 1 is 1.00 bits per heavy atom. The highest BCUT2D eigenvalue weighted by atomic mass is 16.5. The van der Waals surface area contributed by atoms with Gasteiger partial charge in [-0.05, 0) is 24.3 Å². The maximum absolute atomic E-state index is 11.7. The van der Waals surface area contributed by atoms with E-state index in [2.05, 4.69) is 10.3 Å². The molecule has 0 spiro atoms. The average molecular weight is 284 g/mol. The van der Waals surface area contributed by atoms with Gasteiger partial charge in [-0.3, -0.25) is 19.9 Å². The van der Waals surface area contributed by atoms with E-state index < -0.39 is 24.4 Å². The van der Waals surface area contributed by atoms with Crippen molar-refractivity contribution in [2.45, 2.75) is 0 Å². The summed E-state index contributed by atoms with van der Waals surface area (Å²) in [6.45, 7) is -0.535. The molecule has 0 aliphatic carbocycles. The Morgan fingerprint density at radius 3 is 2.38 bits per heavy atom. The summed E-state index contributed by atoms with van der Waals surface area (Å²) in [6.07, 6.45) is 2.84. The number of rotatable bonds is 4. The van der Waals surface area contributed by atoms with Crippen molar-refractivity contribution in [3.8, 4) is 0 Å². The highest BCUT2D eigenvalue weighted by Crippen LogP contribution is 2.00. The molecule has 1 heterocycles. The zero-order valence-corrected chi connectivity index (χ0v) is 11.0. The summed E-state index contributed by atoms with van der Waals surface area (Å²) in [6, 6.07) is 11.4. The van der Waals surface area contributed by atoms with Gasteiger partial charge in [0.25, 0.3) is 11.8 Å². The smallest absolute Gasteiger partial charge is 0.340 e. The van der Waals surface area contributed by atoms with Crippen molar-refractivity contribution >= 4 is 17.8 Å². The molecular formula is C15H12N2O4. The summed E-state index contributed by atoms with van der Waals surface area (Å²) in [5, 5.41) is 2.13. The van der Waals surface area contributed by atoms with Gasteiger partial charge in [0, 0.05) is 18.0 Å². The van der Waals surface area contributed by atoms with Crippen LogP contribution in [0.15, 0.2) is 54.9 Å². The Labute approximate surface area is 120 Å². The molecule has 0 unspecified atom stereocenters. The van der Waals surface area contributed by atoms with Crippen molar-refractivity contribution in [1.29, 1.82) is 0 Å². The summed E-state index contributed by atoms with van der Waals surface area (Å²) in [4.78, 5) is 38.6.